The monoisotopic (exact) mass is 630 g/mol. The van der Waals surface area contributed by atoms with Crippen LogP contribution in [0.5, 0.6) is 0 Å². The van der Waals surface area contributed by atoms with Gasteiger partial charge < -0.3 is 0 Å². The quantitative estimate of drug-likeness (QED) is 0.314. The molecule has 0 amide bonds. The highest BCUT2D eigenvalue weighted by Gasteiger charge is 2.29. The van der Waals surface area contributed by atoms with Gasteiger partial charge in [0.05, 0.1) is 25.4 Å². The highest BCUT2D eigenvalue weighted by Crippen LogP contribution is 2.64. The Bertz CT molecular complexity index is 1130. The Morgan fingerprint density at radius 2 is 0.706 bits per heavy atom. The first-order valence-corrected chi connectivity index (χ1v) is 18.6. The van der Waals surface area contributed by atoms with E-state index in [4.69, 9.17) is 0 Å². The van der Waals surface area contributed by atoms with Crippen LogP contribution in [0.3, 0.4) is 0 Å². The predicted octanol–water partition coefficient (Wildman–Crippen LogP) is 12.9. The maximum absolute atomic E-state index is 2.28. The minimum absolute atomic E-state index is 1.35. The molecule has 0 aromatic heterocycles. The first-order valence-electron chi connectivity index (χ1n) is 10.4. The average molecular weight is 631 g/mol. The predicted molar refractivity (Wildman–Crippen MR) is 175 cm³/mol. The lowest BCUT2D eigenvalue weighted by molar-refractivity contribution is 1.26. The lowest BCUT2D eigenvalue weighted by Crippen LogP contribution is -1.80. The third-order valence-corrected chi connectivity index (χ3v) is 19.6. The number of hydrogen-bond donors (Lipinski definition) is 0. The van der Waals surface area contributed by atoms with E-state index in [-0.39, 0.29) is 0 Å². The molecule has 0 saturated heterocycles. The first kappa shape index (κ1) is 26.8. The standard InChI is InChI=1S/C24H22S10/c1-11-12(2)26-21(25-11)23-29-15(5)19(33-23)31-17-9-7-8-10-18(17)32-20-16(6)30-24(34-20)22-27-13(3)14(4)28-22/h7-10H,1-6H3. The topological polar surface area (TPSA) is 0 Å². The molecule has 178 valence electrons. The van der Waals surface area contributed by atoms with Crippen molar-refractivity contribution in [3.8, 4) is 0 Å². The van der Waals surface area contributed by atoms with Gasteiger partial charge in [-0.1, -0.05) is 130 Å². The van der Waals surface area contributed by atoms with Crippen LogP contribution in [0.1, 0.15) is 41.5 Å². The van der Waals surface area contributed by atoms with Crippen molar-refractivity contribution in [1.82, 2.24) is 0 Å². The molecule has 0 fully saturated rings. The molecule has 0 N–H and O–H groups in total. The second kappa shape index (κ2) is 11.5. The largest absolute Gasteiger partial charge is 0.0849 e. The van der Waals surface area contributed by atoms with Crippen molar-refractivity contribution in [3.63, 3.8) is 0 Å². The van der Waals surface area contributed by atoms with Crippen molar-refractivity contribution < 1.29 is 0 Å². The Morgan fingerprint density at radius 1 is 0.412 bits per heavy atom. The van der Waals surface area contributed by atoms with Crippen molar-refractivity contribution in [1.29, 1.82) is 0 Å². The summed E-state index contributed by atoms with van der Waals surface area (Å²) >= 11 is 19.4. The molecular weight excluding hydrogens is 609 g/mol. The van der Waals surface area contributed by atoms with E-state index in [1.807, 2.05) is 118 Å². The highest BCUT2D eigenvalue weighted by molar-refractivity contribution is 8.39. The van der Waals surface area contributed by atoms with Crippen LogP contribution in [-0.4, -0.2) is 0 Å². The smallest absolute Gasteiger partial charge is 0.0708 e. The molecule has 0 unspecified atom stereocenters. The molecule has 5 rings (SSSR count). The zero-order valence-electron chi connectivity index (χ0n) is 19.4. The molecule has 0 nitrogen and oxygen atoms in total. The molecule has 0 spiro atoms. The van der Waals surface area contributed by atoms with Gasteiger partial charge in [0.2, 0.25) is 0 Å². The lowest BCUT2D eigenvalue weighted by Gasteiger charge is -2.10. The maximum Gasteiger partial charge on any atom is 0.0708 e. The van der Waals surface area contributed by atoms with E-state index in [0.717, 1.165) is 0 Å². The summed E-state index contributed by atoms with van der Waals surface area (Å²) in [6, 6.07) is 8.89. The van der Waals surface area contributed by atoms with Crippen LogP contribution < -0.4 is 0 Å². The van der Waals surface area contributed by atoms with Crippen molar-refractivity contribution in [2.24, 2.45) is 0 Å². The van der Waals surface area contributed by atoms with Gasteiger partial charge >= 0.3 is 0 Å². The van der Waals surface area contributed by atoms with E-state index >= 15 is 0 Å². The van der Waals surface area contributed by atoms with E-state index in [9.17, 15) is 0 Å². The summed E-state index contributed by atoms with van der Waals surface area (Å²) in [5.74, 6) is 0. The van der Waals surface area contributed by atoms with E-state index in [0.29, 0.717) is 0 Å². The molecule has 4 aliphatic heterocycles. The van der Waals surface area contributed by atoms with E-state index < -0.39 is 0 Å². The lowest BCUT2D eigenvalue weighted by atomic mass is 10.4. The van der Waals surface area contributed by atoms with Gasteiger partial charge in [-0.2, -0.15) is 0 Å². The second-order valence-corrected chi connectivity index (χ2v) is 20.6. The zero-order chi connectivity index (χ0) is 24.0. The second-order valence-electron chi connectivity index (χ2n) is 7.53. The van der Waals surface area contributed by atoms with Crippen molar-refractivity contribution in [3.05, 3.63) is 79.1 Å². The van der Waals surface area contributed by atoms with Crippen LogP contribution in [0, 0.1) is 0 Å². The number of rotatable bonds is 4. The first-order chi connectivity index (χ1) is 16.3. The normalized spacial score (nSPS) is 21.6. The third kappa shape index (κ3) is 5.91. The maximum atomic E-state index is 2.28. The fraction of sp³-hybridized carbons (Fsp3) is 0.250. The average Bonchev–Trinajstić information content (AvgIpc) is 3.53. The Morgan fingerprint density at radius 3 is 1.06 bits per heavy atom. The minimum atomic E-state index is 1.35. The number of allylic oxidation sites excluding steroid dienone is 6. The van der Waals surface area contributed by atoms with E-state index in [1.54, 1.807) is 0 Å². The molecule has 4 aliphatic rings. The van der Waals surface area contributed by atoms with Gasteiger partial charge in [-0.25, -0.2) is 0 Å². The van der Waals surface area contributed by atoms with Crippen LogP contribution in [0.25, 0.3) is 0 Å². The van der Waals surface area contributed by atoms with Gasteiger partial charge in [0, 0.05) is 19.6 Å². The van der Waals surface area contributed by atoms with Crippen LogP contribution in [-0.2, 0) is 0 Å². The molecule has 10 heteroatoms. The van der Waals surface area contributed by atoms with Crippen molar-refractivity contribution >= 4 is 118 Å². The molecule has 0 bridgehead atoms. The molecule has 0 atom stereocenters. The Balaban J connectivity index is 1.30. The van der Waals surface area contributed by atoms with Crippen LogP contribution in [0.4, 0.5) is 0 Å². The number of thioether (sulfide) groups is 10. The fourth-order valence-corrected chi connectivity index (χ4v) is 16.8. The zero-order valence-corrected chi connectivity index (χ0v) is 27.6. The van der Waals surface area contributed by atoms with E-state index in [1.165, 1.54) is 64.6 Å². The van der Waals surface area contributed by atoms with Gasteiger partial charge in [-0.3, -0.25) is 0 Å². The Hall–Kier alpha value is 1.16. The summed E-state index contributed by atoms with van der Waals surface area (Å²) in [6.45, 7) is 13.5. The summed E-state index contributed by atoms with van der Waals surface area (Å²) in [4.78, 5) is 11.3. The third-order valence-electron chi connectivity index (χ3n) is 5.00. The SMILES string of the molecule is CC1=C(C)SC(=C2SC(C)=C(Sc3ccccc3SC3=C(C)SC(=C4SC(C)=C(C)S4)S3)S2)S1. The van der Waals surface area contributed by atoms with Gasteiger partial charge in [0.25, 0.3) is 0 Å². The Kier molecular flexibility index (Phi) is 9.05. The van der Waals surface area contributed by atoms with Crippen molar-refractivity contribution in [2.75, 3.05) is 0 Å². The molecule has 4 heterocycles. The highest BCUT2D eigenvalue weighted by atomic mass is 32.2. The van der Waals surface area contributed by atoms with Gasteiger partial charge in [0.15, 0.2) is 0 Å². The molecule has 34 heavy (non-hydrogen) atoms. The summed E-state index contributed by atoms with van der Waals surface area (Å²) in [5.41, 5.74) is 0. The summed E-state index contributed by atoms with van der Waals surface area (Å²) in [5, 5.41) is 0. The van der Waals surface area contributed by atoms with Crippen LogP contribution in [0.15, 0.2) is 88.9 Å². The molecule has 0 radical (unpaired) electrons. The summed E-state index contributed by atoms with van der Waals surface area (Å²) in [7, 11) is 0. The minimum Gasteiger partial charge on any atom is -0.0849 e. The molecule has 1 aromatic rings. The summed E-state index contributed by atoms with van der Waals surface area (Å²) < 4.78 is 8.62. The van der Waals surface area contributed by atoms with Crippen LogP contribution in [0.2, 0.25) is 0 Å². The van der Waals surface area contributed by atoms with Gasteiger partial charge in [0.1, 0.15) is 0 Å². The molecule has 0 aliphatic carbocycles. The fourth-order valence-electron chi connectivity index (χ4n) is 2.94. The molecular formula is C24H22S10. The van der Waals surface area contributed by atoms with Crippen molar-refractivity contribution in [2.45, 2.75) is 51.3 Å². The van der Waals surface area contributed by atoms with Gasteiger partial charge in [-0.05, 0) is 73.3 Å². The number of hydrogen-bond acceptors (Lipinski definition) is 10. The van der Waals surface area contributed by atoms with Crippen LogP contribution >= 0.6 is 118 Å². The van der Waals surface area contributed by atoms with E-state index in [2.05, 4.69) is 65.8 Å². The Labute approximate surface area is 245 Å². The summed E-state index contributed by atoms with van der Waals surface area (Å²) in [6.07, 6.45) is 0. The molecule has 0 saturated carbocycles. The number of benzene rings is 1. The van der Waals surface area contributed by atoms with Gasteiger partial charge in [-0.15, -0.1) is 0 Å². The molecule has 1 aromatic carbocycles.